The molecule has 0 aromatic heterocycles. The molecule has 13 heteroatoms. The number of nitro groups is 1. The van der Waals surface area contributed by atoms with E-state index in [-0.39, 0.29) is 40.4 Å². The molecule has 2 aromatic carbocycles. The fourth-order valence-corrected chi connectivity index (χ4v) is 4.95. The van der Waals surface area contributed by atoms with E-state index in [2.05, 4.69) is 5.32 Å². The summed E-state index contributed by atoms with van der Waals surface area (Å²) in [6.07, 6.45) is 1.79. The number of sulfonamides is 1. The van der Waals surface area contributed by atoms with E-state index >= 15 is 0 Å². The molecule has 2 amide bonds. The molecule has 2 rings (SSSR count). The summed E-state index contributed by atoms with van der Waals surface area (Å²) in [5.74, 6) is -1.12. The molecule has 2 aromatic rings. The minimum absolute atomic E-state index is 0.0575. The van der Waals surface area contributed by atoms with Gasteiger partial charge in [-0.3, -0.25) is 24.0 Å². The van der Waals surface area contributed by atoms with Crippen LogP contribution in [0.5, 0.6) is 0 Å². The molecule has 0 radical (unpaired) electrons. The molecule has 0 aliphatic carbocycles. The molecule has 0 bridgehead atoms. The highest BCUT2D eigenvalue weighted by molar-refractivity contribution is 7.92. The van der Waals surface area contributed by atoms with Crippen molar-refractivity contribution in [1.82, 2.24) is 10.2 Å². The lowest BCUT2D eigenvalue weighted by Crippen LogP contribution is -2.53. The number of hydrogen-bond donors (Lipinski definition) is 1. The van der Waals surface area contributed by atoms with Crippen LogP contribution in [0.3, 0.4) is 0 Å². The van der Waals surface area contributed by atoms with Crippen LogP contribution in [0.2, 0.25) is 10.0 Å². The summed E-state index contributed by atoms with van der Waals surface area (Å²) in [5.41, 5.74) is 0.00535. The van der Waals surface area contributed by atoms with Crippen LogP contribution in [0, 0.1) is 10.1 Å². The molecule has 0 saturated heterocycles. The van der Waals surface area contributed by atoms with Crippen molar-refractivity contribution >= 4 is 56.4 Å². The number of hydrogen-bond acceptors (Lipinski definition) is 6. The molecule has 37 heavy (non-hydrogen) atoms. The summed E-state index contributed by atoms with van der Waals surface area (Å²) in [6.45, 7) is 4.60. The Labute approximate surface area is 226 Å². The number of carbonyl (C=O) groups is 2. The molecule has 202 valence electrons. The van der Waals surface area contributed by atoms with Crippen molar-refractivity contribution in [2.45, 2.75) is 52.2 Å². The number of benzene rings is 2. The van der Waals surface area contributed by atoms with Gasteiger partial charge < -0.3 is 10.2 Å². The van der Waals surface area contributed by atoms with Crippen LogP contribution < -0.4 is 9.62 Å². The zero-order valence-corrected chi connectivity index (χ0v) is 23.3. The maximum absolute atomic E-state index is 13.7. The van der Waals surface area contributed by atoms with E-state index in [4.69, 9.17) is 23.2 Å². The molecular weight excluding hydrogens is 543 g/mol. The first-order chi connectivity index (χ1) is 17.3. The smallest absolute Gasteiger partial charge is 0.271 e. The quantitative estimate of drug-likeness (QED) is 0.296. The maximum atomic E-state index is 13.7. The van der Waals surface area contributed by atoms with Gasteiger partial charge in [-0.15, -0.1) is 0 Å². The monoisotopic (exact) mass is 572 g/mol. The van der Waals surface area contributed by atoms with Crippen molar-refractivity contribution in [3.8, 4) is 0 Å². The second-order valence-electron chi connectivity index (χ2n) is 8.51. The number of anilines is 1. The molecular formula is C24H30Cl2N4O6S. The number of rotatable bonds is 12. The molecule has 0 aliphatic heterocycles. The Hall–Kier alpha value is -2.89. The van der Waals surface area contributed by atoms with Crippen LogP contribution in [-0.2, 0) is 26.2 Å². The van der Waals surface area contributed by atoms with Crippen molar-refractivity contribution in [3.63, 3.8) is 0 Å². The summed E-state index contributed by atoms with van der Waals surface area (Å²) in [6, 6.07) is 8.67. The minimum atomic E-state index is -4.04. The van der Waals surface area contributed by atoms with Gasteiger partial charge in [-0.1, -0.05) is 49.2 Å². The third-order valence-corrected chi connectivity index (χ3v) is 7.63. The van der Waals surface area contributed by atoms with Crippen LogP contribution in [0.4, 0.5) is 11.4 Å². The van der Waals surface area contributed by atoms with Crippen LogP contribution in [0.1, 0.15) is 39.2 Å². The molecule has 0 spiro atoms. The Morgan fingerprint density at radius 2 is 1.68 bits per heavy atom. The second kappa shape index (κ2) is 13.1. The number of nitrogens with zero attached hydrogens (tertiary/aromatic N) is 3. The van der Waals surface area contributed by atoms with E-state index in [1.165, 1.54) is 23.1 Å². The lowest BCUT2D eigenvalue weighted by molar-refractivity contribution is -0.384. The van der Waals surface area contributed by atoms with E-state index in [1.54, 1.807) is 25.1 Å². The van der Waals surface area contributed by atoms with Crippen LogP contribution in [-0.4, -0.2) is 54.9 Å². The normalized spacial score (nSPS) is 12.9. The van der Waals surface area contributed by atoms with Crippen LogP contribution in [0.15, 0.2) is 42.5 Å². The van der Waals surface area contributed by atoms with Crippen LogP contribution >= 0.6 is 23.2 Å². The van der Waals surface area contributed by atoms with Crippen molar-refractivity contribution < 1.29 is 22.9 Å². The first-order valence-electron chi connectivity index (χ1n) is 11.5. The second-order valence-corrected chi connectivity index (χ2v) is 11.2. The summed E-state index contributed by atoms with van der Waals surface area (Å²) >= 11 is 12.7. The van der Waals surface area contributed by atoms with Gasteiger partial charge in [-0.25, -0.2) is 8.42 Å². The van der Waals surface area contributed by atoms with E-state index in [0.717, 1.165) is 16.6 Å². The van der Waals surface area contributed by atoms with E-state index in [1.807, 2.05) is 13.8 Å². The topological polar surface area (TPSA) is 130 Å². The Bertz CT molecular complexity index is 1240. The maximum Gasteiger partial charge on any atom is 0.271 e. The molecule has 0 unspecified atom stereocenters. The Balaban J connectivity index is 2.54. The van der Waals surface area contributed by atoms with Gasteiger partial charge in [-0.2, -0.15) is 0 Å². The summed E-state index contributed by atoms with van der Waals surface area (Å²) in [7, 11) is -4.04. The van der Waals surface area contributed by atoms with Gasteiger partial charge in [0, 0.05) is 40.3 Å². The average Bonchev–Trinajstić information content (AvgIpc) is 2.83. The third kappa shape index (κ3) is 8.05. The summed E-state index contributed by atoms with van der Waals surface area (Å²) < 4.78 is 26.1. The van der Waals surface area contributed by atoms with E-state index in [0.29, 0.717) is 12.0 Å². The number of non-ortho nitro benzene ring substituents is 1. The highest BCUT2D eigenvalue weighted by Gasteiger charge is 2.33. The average molecular weight is 573 g/mol. The van der Waals surface area contributed by atoms with Gasteiger partial charge in [0.15, 0.2) is 0 Å². The van der Waals surface area contributed by atoms with Gasteiger partial charge in [0.2, 0.25) is 21.8 Å². The molecule has 2 atom stereocenters. The molecule has 0 saturated carbocycles. The Kier molecular flexibility index (Phi) is 10.7. The van der Waals surface area contributed by atoms with Gasteiger partial charge in [-0.05, 0) is 38.0 Å². The lowest BCUT2D eigenvalue weighted by atomic mass is 10.1. The van der Waals surface area contributed by atoms with Crippen molar-refractivity contribution in [1.29, 1.82) is 0 Å². The molecule has 10 nitrogen and oxygen atoms in total. The van der Waals surface area contributed by atoms with Crippen molar-refractivity contribution in [2.24, 2.45) is 0 Å². The zero-order chi connectivity index (χ0) is 27.9. The number of nitrogens with one attached hydrogen (secondary N) is 1. The lowest BCUT2D eigenvalue weighted by Gasteiger charge is -2.33. The highest BCUT2D eigenvalue weighted by atomic mass is 35.5. The molecule has 0 heterocycles. The fourth-order valence-electron chi connectivity index (χ4n) is 3.59. The number of nitro benzene ring substituents is 1. The van der Waals surface area contributed by atoms with E-state index < -0.39 is 39.3 Å². The minimum Gasteiger partial charge on any atom is -0.352 e. The largest absolute Gasteiger partial charge is 0.352 e. The predicted octanol–water partition coefficient (Wildman–Crippen LogP) is 4.39. The fraction of sp³-hybridized carbons (Fsp3) is 0.417. The number of carbonyl (C=O) groups excluding carboxylic acids is 2. The van der Waals surface area contributed by atoms with Gasteiger partial charge in [0.25, 0.3) is 5.69 Å². The van der Waals surface area contributed by atoms with Crippen molar-refractivity contribution in [3.05, 3.63) is 68.2 Å². The molecule has 0 fully saturated rings. The van der Waals surface area contributed by atoms with Gasteiger partial charge >= 0.3 is 0 Å². The number of halogens is 2. The number of amides is 2. The van der Waals surface area contributed by atoms with Gasteiger partial charge in [0.1, 0.15) is 12.6 Å². The van der Waals surface area contributed by atoms with Crippen molar-refractivity contribution in [2.75, 3.05) is 17.1 Å². The standard InChI is InChI=1S/C24H30Cl2N4O6S/c1-5-16(3)27-24(32)22(6-2)28(14-19-20(25)11-8-12-21(19)26)23(31)15-29(37(4,35)36)17-9-7-10-18(13-17)30(33)34/h7-13,16,22H,5-6,14-15H2,1-4H3,(H,27,32)/t16-,22-/m1/s1. The predicted molar refractivity (Wildman–Crippen MR) is 144 cm³/mol. The summed E-state index contributed by atoms with van der Waals surface area (Å²) in [5, 5.41) is 14.6. The van der Waals surface area contributed by atoms with Gasteiger partial charge in [0.05, 0.1) is 16.9 Å². The Morgan fingerprint density at radius 3 is 2.19 bits per heavy atom. The third-order valence-electron chi connectivity index (χ3n) is 5.78. The Morgan fingerprint density at radius 1 is 1.08 bits per heavy atom. The molecule has 1 N–H and O–H groups in total. The molecule has 0 aliphatic rings. The SMILES string of the molecule is CC[C@@H](C)NC(=O)[C@@H](CC)N(Cc1c(Cl)cccc1Cl)C(=O)CN(c1cccc([N+](=O)[O-])c1)S(C)(=O)=O. The van der Waals surface area contributed by atoms with E-state index in [9.17, 15) is 28.1 Å². The summed E-state index contributed by atoms with van der Waals surface area (Å²) in [4.78, 5) is 38.6. The zero-order valence-electron chi connectivity index (χ0n) is 21.0. The van der Waals surface area contributed by atoms with Crippen LogP contribution in [0.25, 0.3) is 0 Å². The first-order valence-corrected chi connectivity index (χ1v) is 14.1. The first kappa shape index (κ1) is 30.3. The highest BCUT2D eigenvalue weighted by Crippen LogP contribution is 2.28.